The molecule has 100 valence electrons. The molecule has 0 aliphatic rings. The minimum Gasteiger partial charge on any atom is -0.487 e. The number of pyridine rings is 2. The molecule has 0 fully saturated rings. The molecule has 0 unspecified atom stereocenters. The van der Waals surface area contributed by atoms with Crippen LogP contribution in [0.15, 0.2) is 30.5 Å². The SMILES string of the molecule is COc1ncccc1COc1ccc(C)nc1CN. The lowest BCUT2D eigenvalue weighted by Gasteiger charge is -2.11. The van der Waals surface area contributed by atoms with E-state index in [2.05, 4.69) is 9.97 Å². The molecule has 2 N–H and O–H groups in total. The topological polar surface area (TPSA) is 70.3 Å². The van der Waals surface area contributed by atoms with E-state index in [1.807, 2.05) is 31.2 Å². The van der Waals surface area contributed by atoms with Crippen molar-refractivity contribution in [1.82, 2.24) is 9.97 Å². The van der Waals surface area contributed by atoms with Gasteiger partial charge in [0.1, 0.15) is 12.4 Å². The minimum absolute atomic E-state index is 0.348. The molecule has 5 heteroatoms. The van der Waals surface area contributed by atoms with Gasteiger partial charge in [-0.1, -0.05) is 0 Å². The number of methoxy groups -OCH3 is 1. The molecular weight excluding hydrogens is 242 g/mol. The minimum atomic E-state index is 0.348. The van der Waals surface area contributed by atoms with Gasteiger partial charge >= 0.3 is 0 Å². The lowest BCUT2D eigenvalue weighted by molar-refractivity contribution is 0.289. The van der Waals surface area contributed by atoms with E-state index in [4.69, 9.17) is 15.2 Å². The van der Waals surface area contributed by atoms with Crippen LogP contribution in [0.25, 0.3) is 0 Å². The van der Waals surface area contributed by atoms with Crippen molar-refractivity contribution >= 4 is 0 Å². The smallest absolute Gasteiger partial charge is 0.219 e. The van der Waals surface area contributed by atoms with Crippen LogP contribution in [0.5, 0.6) is 11.6 Å². The van der Waals surface area contributed by atoms with E-state index in [1.165, 1.54) is 0 Å². The van der Waals surface area contributed by atoms with E-state index in [0.717, 1.165) is 17.0 Å². The molecule has 0 amide bonds. The summed E-state index contributed by atoms with van der Waals surface area (Å²) < 4.78 is 10.9. The second kappa shape index (κ2) is 6.15. The summed E-state index contributed by atoms with van der Waals surface area (Å²) in [6, 6.07) is 7.54. The van der Waals surface area contributed by atoms with Gasteiger partial charge in [-0.25, -0.2) is 4.98 Å². The molecule has 2 aromatic rings. The lowest BCUT2D eigenvalue weighted by Crippen LogP contribution is -2.06. The molecule has 0 aliphatic carbocycles. The van der Waals surface area contributed by atoms with Crippen LogP contribution in [-0.2, 0) is 13.2 Å². The van der Waals surface area contributed by atoms with E-state index in [0.29, 0.717) is 24.8 Å². The van der Waals surface area contributed by atoms with Crippen LogP contribution in [0.3, 0.4) is 0 Å². The summed E-state index contributed by atoms with van der Waals surface area (Å²) in [4.78, 5) is 8.47. The van der Waals surface area contributed by atoms with Gasteiger partial charge in [-0.2, -0.15) is 0 Å². The van der Waals surface area contributed by atoms with Crippen molar-refractivity contribution < 1.29 is 9.47 Å². The molecular formula is C14H17N3O2. The Labute approximate surface area is 112 Å². The summed E-state index contributed by atoms with van der Waals surface area (Å²) in [5.74, 6) is 1.26. The Morgan fingerprint density at radius 3 is 2.84 bits per heavy atom. The third kappa shape index (κ3) is 3.20. The standard InChI is InChI=1S/C14H17N3O2/c1-10-5-6-13(12(8-15)17-10)19-9-11-4-3-7-16-14(11)18-2/h3-7H,8-9,15H2,1-2H3. The number of hydrogen-bond acceptors (Lipinski definition) is 5. The zero-order valence-corrected chi connectivity index (χ0v) is 11.1. The molecule has 0 aliphatic heterocycles. The first-order valence-corrected chi connectivity index (χ1v) is 6.02. The molecule has 0 atom stereocenters. The highest BCUT2D eigenvalue weighted by molar-refractivity contribution is 5.31. The van der Waals surface area contributed by atoms with Gasteiger partial charge in [-0.3, -0.25) is 4.98 Å². The molecule has 0 bridgehead atoms. The number of aromatic nitrogens is 2. The number of nitrogens with zero attached hydrogens (tertiary/aromatic N) is 2. The molecule has 2 heterocycles. The molecule has 2 aromatic heterocycles. The predicted molar refractivity (Wildman–Crippen MR) is 72.0 cm³/mol. The monoisotopic (exact) mass is 259 g/mol. The second-order valence-electron chi connectivity index (χ2n) is 4.06. The van der Waals surface area contributed by atoms with Gasteiger partial charge in [0.25, 0.3) is 0 Å². The highest BCUT2D eigenvalue weighted by Crippen LogP contribution is 2.20. The third-order valence-corrected chi connectivity index (χ3v) is 2.69. The Balaban J connectivity index is 2.14. The van der Waals surface area contributed by atoms with E-state index in [1.54, 1.807) is 13.3 Å². The fraction of sp³-hybridized carbons (Fsp3) is 0.286. The summed E-state index contributed by atoms with van der Waals surface area (Å²) in [6.45, 7) is 2.64. The van der Waals surface area contributed by atoms with Crippen molar-refractivity contribution in [2.75, 3.05) is 7.11 Å². The van der Waals surface area contributed by atoms with Crippen molar-refractivity contribution in [3.63, 3.8) is 0 Å². The van der Waals surface area contributed by atoms with Gasteiger partial charge in [0.05, 0.1) is 18.4 Å². The van der Waals surface area contributed by atoms with Crippen LogP contribution in [-0.4, -0.2) is 17.1 Å². The molecule has 0 radical (unpaired) electrons. The van der Waals surface area contributed by atoms with Gasteiger partial charge in [0.2, 0.25) is 5.88 Å². The Kier molecular flexibility index (Phi) is 4.30. The summed E-state index contributed by atoms with van der Waals surface area (Å²) in [5, 5.41) is 0. The first-order valence-electron chi connectivity index (χ1n) is 6.02. The highest BCUT2D eigenvalue weighted by Gasteiger charge is 2.07. The fourth-order valence-electron chi connectivity index (χ4n) is 1.75. The van der Waals surface area contributed by atoms with Crippen molar-refractivity contribution in [1.29, 1.82) is 0 Å². The molecule has 0 saturated carbocycles. The van der Waals surface area contributed by atoms with E-state index < -0.39 is 0 Å². The van der Waals surface area contributed by atoms with Gasteiger partial charge in [-0.05, 0) is 31.2 Å². The van der Waals surface area contributed by atoms with Gasteiger partial charge in [0.15, 0.2) is 0 Å². The van der Waals surface area contributed by atoms with Crippen LogP contribution >= 0.6 is 0 Å². The number of rotatable bonds is 5. The summed E-state index contributed by atoms with van der Waals surface area (Å²) in [7, 11) is 1.59. The molecule has 0 aromatic carbocycles. The second-order valence-corrected chi connectivity index (χ2v) is 4.06. The molecule has 5 nitrogen and oxygen atoms in total. The number of aryl methyl sites for hydroxylation is 1. The van der Waals surface area contributed by atoms with Crippen LogP contribution in [0.2, 0.25) is 0 Å². The predicted octanol–water partition coefficient (Wildman–Crippen LogP) is 1.83. The maximum Gasteiger partial charge on any atom is 0.219 e. The average molecular weight is 259 g/mol. The Morgan fingerprint density at radius 2 is 2.11 bits per heavy atom. The van der Waals surface area contributed by atoms with E-state index in [9.17, 15) is 0 Å². The summed E-state index contributed by atoms with van der Waals surface area (Å²) in [6.07, 6.45) is 1.68. The van der Waals surface area contributed by atoms with Crippen LogP contribution in [0.4, 0.5) is 0 Å². The zero-order valence-electron chi connectivity index (χ0n) is 11.1. The Bertz CT molecular complexity index is 558. The average Bonchev–Trinajstić information content (AvgIpc) is 2.46. The lowest BCUT2D eigenvalue weighted by atomic mass is 10.2. The van der Waals surface area contributed by atoms with E-state index in [-0.39, 0.29) is 0 Å². The maximum absolute atomic E-state index is 5.75. The maximum atomic E-state index is 5.75. The molecule has 19 heavy (non-hydrogen) atoms. The largest absolute Gasteiger partial charge is 0.487 e. The number of nitrogens with two attached hydrogens (primary N) is 1. The summed E-state index contributed by atoms with van der Waals surface area (Å²) >= 11 is 0. The molecule has 2 rings (SSSR count). The van der Waals surface area contributed by atoms with Gasteiger partial charge in [-0.15, -0.1) is 0 Å². The molecule has 0 saturated heterocycles. The number of ether oxygens (including phenoxy) is 2. The third-order valence-electron chi connectivity index (χ3n) is 2.69. The summed E-state index contributed by atoms with van der Waals surface area (Å²) in [5.41, 5.74) is 8.22. The van der Waals surface area contributed by atoms with Crippen molar-refractivity contribution in [3.05, 3.63) is 47.4 Å². The zero-order chi connectivity index (χ0) is 13.7. The molecule has 0 spiro atoms. The quantitative estimate of drug-likeness (QED) is 0.887. The number of hydrogen-bond donors (Lipinski definition) is 1. The fourth-order valence-corrected chi connectivity index (χ4v) is 1.75. The van der Waals surface area contributed by atoms with E-state index >= 15 is 0 Å². The van der Waals surface area contributed by atoms with Crippen LogP contribution in [0, 0.1) is 6.92 Å². The highest BCUT2D eigenvalue weighted by atomic mass is 16.5. The first kappa shape index (κ1) is 13.3. The van der Waals surface area contributed by atoms with Gasteiger partial charge < -0.3 is 15.2 Å². The normalized spacial score (nSPS) is 10.3. The Hall–Kier alpha value is -2.14. The van der Waals surface area contributed by atoms with Crippen molar-refractivity contribution in [3.8, 4) is 11.6 Å². The van der Waals surface area contributed by atoms with Crippen LogP contribution in [0.1, 0.15) is 17.0 Å². The van der Waals surface area contributed by atoms with Gasteiger partial charge in [0, 0.05) is 18.4 Å². The van der Waals surface area contributed by atoms with Crippen molar-refractivity contribution in [2.24, 2.45) is 5.73 Å². The van der Waals surface area contributed by atoms with Crippen molar-refractivity contribution in [2.45, 2.75) is 20.1 Å². The van der Waals surface area contributed by atoms with Crippen LogP contribution < -0.4 is 15.2 Å². The first-order chi connectivity index (χ1) is 9.24. The Morgan fingerprint density at radius 1 is 1.26 bits per heavy atom.